The molecule has 0 unspecified atom stereocenters. The zero-order valence-electron chi connectivity index (χ0n) is 9.28. The third-order valence-electron chi connectivity index (χ3n) is 2.74. The van der Waals surface area contributed by atoms with Crippen LogP contribution in [0.25, 0.3) is 5.57 Å². The molecule has 1 saturated heterocycles. The summed E-state index contributed by atoms with van der Waals surface area (Å²) in [7, 11) is 0. The Morgan fingerprint density at radius 1 is 1.41 bits per heavy atom. The van der Waals surface area contributed by atoms with Crippen LogP contribution >= 0.6 is 0 Å². The van der Waals surface area contributed by atoms with Crippen molar-refractivity contribution < 1.29 is 9.59 Å². The number of nitrogens with one attached hydrogen (secondary N) is 1. The monoisotopic (exact) mass is 226 g/mol. The molecule has 0 saturated carbocycles. The van der Waals surface area contributed by atoms with Crippen LogP contribution in [0.3, 0.4) is 0 Å². The van der Waals surface area contributed by atoms with Crippen molar-refractivity contribution in [3.63, 3.8) is 0 Å². The van der Waals surface area contributed by atoms with E-state index in [2.05, 4.69) is 5.32 Å². The van der Waals surface area contributed by atoms with E-state index in [1.165, 1.54) is 0 Å². The Morgan fingerprint density at radius 2 is 2.18 bits per heavy atom. The molecule has 1 aromatic rings. The Balaban J connectivity index is 2.46. The highest BCUT2D eigenvalue weighted by Crippen LogP contribution is 2.23. The summed E-state index contributed by atoms with van der Waals surface area (Å²) in [5, 5.41) is 11.0. The highest BCUT2D eigenvalue weighted by Gasteiger charge is 2.26. The van der Waals surface area contributed by atoms with Crippen LogP contribution in [0, 0.1) is 11.3 Å². The van der Waals surface area contributed by atoms with Crippen LogP contribution in [0.2, 0.25) is 0 Å². The summed E-state index contributed by atoms with van der Waals surface area (Å²) in [6.07, 6.45) is 0.113. The van der Waals surface area contributed by atoms with E-state index >= 15 is 0 Å². The van der Waals surface area contributed by atoms with Gasteiger partial charge in [-0.15, -0.1) is 0 Å². The lowest BCUT2D eigenvalue weighted by atomic mass is 9.99. The molecule has 0 spiro atoms. The molecular formula is C13H10N2O2. The number of benzene rings is 1. The average Bonchev–Trinajstić information content (AvgIpc) is 2.67. The van der Waals surface area contributed by atoms with Gasteiger partial charge in [-0.2, -0.15) is 5.26 Å². The highest BCUT2D eigenvalue weighted by atomic mass is 16.2. The predicted octanol–water partition coefficient (Wildman–Crippen LogP) is 1.38. The fourth-order valence-corrected chi connectivity index (χ4v) is 1.79. The summed E-state index contributed by atoms with van der Waals surface area (Å²) in [5.74, 6) is -0.615. The number of imide groups is 1. The molecule has 17 heavy (non-hydrogen) atoms. The maximum atomic E-state index is 11.5. The number of amides is 2. The third-order valence-corrected chi connectivity index (χ3v) is 2.74. The van der Waals surface area contributed by atoms with Gasteiger partial charge in [-0.25, -0.2) is 0 Å². The van der Waals surface area contributed by atoms with Crippen molar-refractivity contribution in [2.75, 3.05) is 0 Å². The molecule has 4 nitrogen and oxygen atoms in total. The number of hydrogen-bond donors (Lipinski definition) is 1. The predicted molar refractivity (Wildman–Crippen MR) is 61.5 cm³/mol. The SMILES string of the molecule is C/C(=C1/CC(=O)NC1=O)c1cccc(C#N)c1. The lowest BCUT2D eigenvalue weighted by Gasteiger charge is -2.04. The maximum Gasteiger partial charge on any atom is 0.254 e. The second kappa shape index (κ2) is 4.22. The molecule has 1 aliphatic heterocycles. The molecule has 84 valence electrons. The first kappa shape index (κ1) is 11.1. The molecule has 2 amide bonds. The molecule has 1 aliphatic rings. The molecule has 0 aromatic heterocycles. The molecule has 4 heteroatoms. The fourth-order valence-electron chi connectivity index (χ4n) is 1.79. The van der Waals surface area contributed by atoms with Crippen molar-refractivity contribution in [2.24, 2.45) is 0 Å². The van der Waals surface area contributed by atoms with Crippen molar-refractivity contribution in [1.82, 2.24) is 5.32 Å². The molecule has 0 radical (unpaired) electrons. The first-order chi connectivity index (χ1) is 8.11. The summed E-state index contributed by atoms with van der Waals surface area (Å²) in [4.78, 5) is 22.6. The Bertz CT molecular complexity index is 579. The molecule has 0 aliphatic carbocycles. The van der Waals surface area contributed by atoms with Crippen LogP contribution < -0.4 is 5.32 Å². The van der Waals surface area contributed by atoms with Gasteiger partial charge in [-0.3, -0.25) is 14.9 Å². The number of hydrogen-bond acceptors (Lipinski definition) is 3. The van der Waals surface area contributed by atoms with E-state index in [0.29, 0.717) is 11.1 Å². The van der Waals surface area contributed by atoms with E-state index in [4.69, 9.17) is 5.26 Å². The number of carbonyl (C=O) groups is 2. The zero-order chi connectivity index (χ0) is 12.4. The van der Waals surface area contributed by atoms with Crippen LogP contribution in [0.1, 0.15) is 24.5 Å². The van der Waals surface area contributed by atoms with Gasteiger partial charge >= 0.3 is 0 Å². The Hall–Kier alpha value is -2.41. The van der Waals surface area contributed by atoms with Gasteiger partial charge < -0.3 is 0 Å². The lowest BCUT2D eigenvalue weighted by Crippen LogP contribution is -2.19. The van der Waals surface area contributed by atoms with Crippen LogP contribution in [-0.4, -0.2) is 11.8 Å². The second-order valence-corrected chi connectivity index (χ2v) is 3.85. The largest absolute Gasteiger partial charge is 0.292 e. The summed E-state index contributed by atoms with van der Waals surface area (Å²) in [6, 6.07) is 9.02. The van der Waals surface area contributed by atoms with Crippen LogP contribution in [-0.2, 0) is 9.59 Å². The summed E-state index contributed by atoms with van der Waals surface area (Å²) in [6.45, 7) is 1.78. The van der Waals surface area contributed by atoms with Crippen molar-refractivity contribution >= 4 is 17.4 Å². The van der Waals surface area contributed by atoms with E-state index in [9.17, 15) is 9.59 Å². The fraction of sp³-hybridized carbons (Fsp3) is 0.154. The first-order valence-corrected chi connectivity index (χ1v) is 5.16. The summed E-state index contributed by atoms with van der Waals surface area (Å²) in [5.41, 5.74) is 2.55. The van der Waals surface area contributed by atoms with Crippen molar-refractivity contribution in [3.05, 3.63) is 41.0 Å². The lowest BCUT2D eigenvalue weighted by molar-refractivity contribution is -0.124. The number of rotatable bonds is 1. The molecule has 1 heterocycles. The van der Waals surface area contributed by atoms with E-state index in [1.54, 1.807) is 25.1 Å². The standard InChI is InChI=1S/C13H10N2O2/c1-8(11-6-12(16)15-13(11)17)10-4-2-3-9(5-10)7-14/h2-5H,6H2,1H3,(H,15,16,17)/b11-8+. The number of carbonyl (C=O) groups excluding carboxylic acids is 2. The Morgan fingerprint density at radius 3 is 2.76 bits per heavy atom. The quantitative estimate of drug-likeness (QED) is 0.581. The molecule has 0 atom stereocenters. The molecule has 0 bridgehead atoms. The molecule has 2 rings (SSSR count). The summed E-state index contributed by atoms with van der Waals surface area (Å²) >= 11 is 0. The number of nitriles is 1. The molecule has 1 aromatic carbocycles. The van der Waals surface area contributed by atoms with Gasteiger partial charge in [0.25, 0.3) is 5.91 Å². The molecule has 1 N–H and O–H groups in total. The third kappa shape index (κ3) is 2.08. The number of nitrogens with zero attached hydrogens (tertiary/aromatic N) is 1. The Labute approximate surface area is 98.6 Å². The van der Waals surface area contributed by atoms with E-state index in [0.717, 1.165) is 11.1 Å². The number of allylic oxidation sites excluding steroid dienone is 1. The smallest absolute Gasteiger partial charge is 0.254 e. The minimum atomic E-state index is -0.338. The van der Waals surface area contributed by atoms with E-state index < -0.39 is 0 Å². The van der Waals surface area contributed by atoms with Crippen molar-refractivity contribution in [1.29, 1.82) is 5.26 Å². The first-order valence-electron chi connectivity index (χ1n) is 5.16. The highest BCUT2D eigenvalue weighted by molar-refractivity contribution is 6.17. The minimum absolute atomic E-state index is 0.113. The van der Waals surface area contributed by atoms with Crippen LogP contribution in [0.4, 0.5) is 0 Å². The average molecular weight is 226 g/mol. The van der Waals surface area contributed by atoms with Gasteiger partial charge in [-0.05, 0) is 30.2 Å². The van der Waals surface area contributed by atoms with Crippen LogP contribution in [0.15, 0.2) is 29.8 Å². The maximum absolute atomic E-state index is 11.5. The van der Waals surface area contributed by atoms with Crippen LogP contribution in [0.5, 0.6) is 0 Å². The van der Waals surface area contributed by atoms with Gasteiger partial charge in [0, 0.05) is 5.57 Å². The van der Waals surface area contributed by atoms with Gasteiger partial charge in [0.2, 0.25) is 5.91 Å². The topological polar surface area (TPSA) is 70.0 Å². The van der Waals surface area contributed by atoms with Gasteiger partial charge in [0.1, 0.15) is 0 Å². The van der Waals surface area contributed by atoms with E-state index in [-0.39, 0.29) is 18.2 Å². The Kier molecular flexibility index (Phi) is 2.75. The minimum Gasteiger partial charge on any atom is -0.292 e. The van der Waals surface area contributed by atoms with Gasteiger partial charge in [0.05, 0.1) is 18.1 Å². The normalized spacial score (nSPS) is 17.6. The molecule has 1 fully saturated rings. The van der Waals surface area contributed by atoms with Crippen molar-refractivity contribution in [3.8, 4) is 6.07 Å². The van der Waals surface area contributed by atoms with Gasteiger partial charge in [0.15, 0.2) is 0 Å². The van der Waals surface area contributed by atoms with Gasteiger partial charge in [-0.1, -0.05) is 12.1 Å². The molecular weight excluding hydrogens is 216 g/mol. The summed E-state index contributed by atoms with van der Waals surface area (Å²) < 4.78 is 0. The zero-order valence-corrected chi connectivity index (χ0v) is 9.28. The van der Waals surface area contributed by atoms with Crippen molar-refractivity contribution in [2.45, 2.75) is 13.3 Å². The second-order valence-electron chi connectivity index (χ2n) is 3.85. The van der Waals surface area contributed by atoms with E-state index in [1.807, 2.05) is 12.1 Å².